The van der Waals surface area contributed by atoms with E-state index in [1.807, 2.05) is 0 Å². The van der Waals surface area contributed by atoms with E-state index in [1.54, 1.807) is 0 Å². The Morgan fingerprint density at radius 2 is 2.07 bits per heavy atom. The van der Waals surface area contributed by atoms with Gasteiger partial charge in [-0.2, -0.15) is 0 Å². The molecule has 1 aromatic carbocycles. The van der Waals surface area contributed by atoms with Crippen molar-refractivity contribution in [2.75, 3.05) is 20.5 Å². The van der Waals surface area contributed by atoms with Gasteiger partial charge in [-0.15, -0.1) is 0 Å². The molecule has 0 unspecified atom stereocenters. The fourth-order valence-corrected chi connectivity index (χ4v) is 3.69. The Bertz CT molecular complexity index is 863. The molecule has 0 bridgehead atoms. The number of esters is 1. The van der Waals surface area contributed by atoms with Gasteiger partial charge in [0.05, 0.1) is 18.4 Å². The molecule has 4 nitrogen and oxygen atoms in total. The molecule has 0 amide bonds. The van der Waals surface area contributed by atoms with Gasteiger partial charge < -0.3 is 10.1 Å². The smallest absolute Gasteiger partial charge is 0.336 e. The van der Waals surface area contributed by atoms with Crippen LogP contribution in [0.25, 0.3) is 0 Å². The van der Waals surface area contributed by atoms with Crippen LogP contribution in [0.5, 0.6) is 0 Å². The van der Waals surface area contributed by atoms with Crippen molar-refractivity contribution in [2.45, 2.75) is 24.9 Å². The molecule has 3 rings (SSSR count). The second-order valence-electron chi connectivity index (χ2n) is 6.26. The number of alkyl halides is 3. The molecule has 2 atom stereocenters. The van der Waals surface area contributed by atoms with E-state index in [1.165, 1.54) is 12.1 Å². The summed E-state index contributed by atoms with van der Waals surface area (Å²) >= 11 is 0. The lowest BCUT2D eigenvalue weighted by molar-refractivity contribution is -0.136. The molecule has 1 N–H and O–H groups in total. The number of benzene rings is 1. The number of rotatable bonds is 5. The lowest BCUT2D eigenvalue weighted by Crippen LogP contribution is -2.32. The second-order valence-corrected chi connectivity index (χ2v) is 6.26. The lowest BCUT2D eigenvalue weighted by Gasteiger charge is -2.30. The molecule has 0 aromatic heterocycles. The third-order valence-corrected chi connectivity index (χ3v) is 4.82. The fraction of sp³-hybridized carbons (Fsp3) is 0.368. The van der Waals surface area contributed by atoms with Crippen molar-refractivity contribution >= 4 is 11.8 Å². The van der Waals surface area contributed by atoms with E-state index >= 15 is 0 Å². The van der Waals surface area contributed by atoms with E-state index < -0.39 is 42.8 Å². The van der Waals surface area contributed by atoms with Gasteiger partial charge >= 0.3 is 5.97 Å². The summed E-state index contributed by atoms with van der Waals surface area (Å²) in [5.41, 5.74) is -0.520. The monoisotopic (exact) mass is 383 g/mol. The van der Waals surface area contributed by atoms with E-state index in [4.69, 9.17) is 4.74 Å². The number of ether oxygens (including phenoxy) is 1. The van der Waals surface area contributed by atoms with Gasteiger partial charge in [-0.3, -0.25) is 4.79 Å². The molecule has 1 aromatic rings. The first kappa shape index (κ1) is 19.1. The number of halogens is 4. The minimum atomic E-state index is -2.29. The Morgan fingerprint density at radius 1 is 1.33 bits per heavy atom. The zero-order valence-corrected chi connectivity index (χ0v) is 14.5. The summed E-state index contributed by atoms with van der Waals surface area (Å²) in [4.78, 5) is 24.8. The first-order valence-corrected chi connectivity index (χ1v) is 8.33. The maximum Gasteiger partial charge on any atom is 0.336 e. The van der Waals surface area contributed by atoms with Gasteiger partial charge in [0.2, 0.25) is 0 Å². The predicted molar refractivity (Wildman–Crippen MR) is 88.4 cm³/mol. The minimum absolute atomic E-state index is 0.0873. The summed E-state index contributed by atoms with van der Waals surface area (Å²) in [5, 5.41) is 2.74. The Labute approximate surface area is 152 Å². The Hall–Kier alpha value is -2.64. The van der Waals surface area contributed by atoms with Crippen LogP contribution in [0.15, 0.2) is 40.7 Å². The largest absolute Gasteiger partial charge is 0.466 e. The number of carbonyl (C=O) groups is 2. The Morgan fingerprint density at radius 3 is 2.70 bits per heavy atom. The van der Waals surface area contributed by atoms with Gasteiger partial charge in [-0.25, -0.2) is 22.4 Å². The molecule has 1 aliphatic carbocycles. The molecular formula is C19H17F4NO3. The number of allylic oxidation sites excluding steroid dienone is 3. The molecule has 0 saturated heterocycles. The van der Waals surface area contributed by atoms with E-state index in [-0.39, 0.29) is 41.0 Å². The molecule has 1 heterocycles. The van der Waals surface area contributed by atoms with Crippen LogP contribution in [0.3, 0.4) is 0 Å². The lowest BCUT2D eigenvalue weighted by atomic mass is 9.77. The summed E-state index contributed by atoms with van der Waals surface area (Å²) in [6.07, 6.45) is -1.88. The van der Waals surface area contributed by atoms with Gasteiger partial charge in [0, 0.05) is 29.2 Å². The highest BCUT2D eigenvalue weighted by molar-refractivity contribution is 6.05. The average molecular weight is 383 g/mol. The maximum absolute atomic E-state index is 14.3. The van der Waals surface area contributed by atoms with Crippen molar-refractivity contribution in [1.29, 1.82) is 0 Å². The second kappa shape index (κ2) is 7.54. The van der Waals surface area contributed by atoms with Crippen LogP contribution in [0.4, 0.5) is 17.6 Å². The summed E-state index contributed by atoms with van der Waals surface area (Å²) in [7, 11) is 1.08. The minimum Gasteiger partial charge on any atom is -0.466 e. The number of nitrogens with one attached hydrogen (secondary N) is 1. The van der Waals surface area contributed by atoms with Crippen molar-refractivity contribution in [3.05, 3.63) is 57.7 Å². The summed E-state index contributed by atoms with van der Waals surface area (Å²) in [6, 6.07) is 3.54. The standard InChI is InChI=1S/C19H17F4NO3/c1-27-19(26)18-13(8-21)24-12-5-6-14(25)17(12)16(18)9-3-2-4-10(22)15(9)11(23)7-20/h2-4,11,16,24H,5-8H2,1H3/t11-,16+/m0/s1. The molecule has 8 heteroatoms. The topological polar surface area (TPSA) is 55.4 Å². The molecular weight excluding hydrogens is 366 g/mol. The highest BCUT2D eigenvalue weighted by Crippen LogP contribution is 2.46. The van der Waals surface area contributed by atoms with Crippen molar-refractivity contribution < 1.29 is 31.9 Å². The number of Topliss-reactive ketones (excluding diaryl/α,β-unsaturated/α-hetero) is 1. The first-order chi connectivity index (χ1) is 12.9. The van der Waals surface area contributed by atoms with E-state index in [0.717, 1.165) is 13.2 Å². The molecule has 1 aliphatic heterocycles. The van der Waals surface area contributed by atoms with Crippen LogP contribution in [0.2, 0.25) is 0 Å². The number of hydrogen-bond acceptors (Lipinski definition) is 4. The van der Waals surface area contributed by atoms with Gasteiger partial charge in [0.25, 0.3) is 0 Å². The van der Waals surface area contributed by atoms with Crippen LogP contribution < -0.4 is 5.32 Å². The zero-order chi connectivity index (χ0) is 19.7. The highest BCUT2D eigenvalue weighted by Gasteiger charge is 2.42. The van der Waals surface area contributed by atoms with Gasteiger partial charge in [-0.1, -0.05) is 12.1 Å². The number of carbonyl (C=O) groups excluding carboxylic acids is 2. The van der Waals surface area contributed by atoms with E-state index in [9.17, 15) is 27.2 Å². The third-order valence-electron chi connectivity index (χ3n) is 4.82. The van der Waals surface area contributed by atoms with Gasteiger partial charge in [-0.05, 0) is 18.1 Å². The highest BCUT2D eigenvalue weighted by atomic mass is 19.2. The number of hydrogen-bond donors (Lipinski definition) is 1. The quantitative estimate of drug-likeness (QED) is 0.625. The van der Waals surface area contributed by atoms with Crippen LogP contribution in [-0.4, -0.2) is 32.2 Å². The Kier molecular flexibility index (Phi) is 5.34. The van der Waals surface area contributed by atoms with E-state index in [2.05, 4.69) is 5.32 Å². The van der Waals surface area contributed by atoms with Crippen LogP contribution in [0, 0.1) is 5.82 Å². The van der Waals surface area contributed by atoms with Crippen LogP contribution >= 0.6 is 0 Å². The Balaban J connectivity index is 2.30. The summed E-state index contributed by atoms with van der Waals surface area (Å²) < 4.78 is 59.9. The van der Waals surface area contributed by atoms with Crippen molar-refractivity contribution in [1.82, 2.24) is 5.32 Å². The van der Waals surface area contributed by atoms with Crippen molar-refractivity contribution in [2.24, 2.45) is 0 Å². The zero-order valence-electron chi connectivity index (χ0n) is 14.5. The van der Waals surface area contributed by atoms with Crippen LogP contribution in [-0.2, 0) is 14.3 Å². The predicted octanol–water partition coefficient (Wildman–Crippen LogP) is 3.51. The normalized spacial score (nSPS) is 20.5. The molecule has 0 saturated carbocycles. The molecule has 144 valence electrons. The number of dihydropyridines is 1. The van der Waals surface area contributed by atoms with Crippen molar-refractivity contribution in [3.8, 4) is 0 Å². The summed E-state index contributed by atoms with van der Waals surface area (Å²) in [6.45, 7) is -2.55. The molecule has 2 aliphatic rings. The molecule has 0 fully saturated rings. The SMILES string of the molecule is COC(=O)C1=C(CF)NC2=C(C(=O)CC2)[C@H]1c1cccc(F)c1[C@@H](F)CF. The number of ketones is 1. The first-order valence-electron chi connectivity index (χ1n) is 8.33. The van der Waals surface area contributed by atoms with Gasteiger partial charge in [0.15, 0.2) is 12.0 Å². The average Bonchev–Trinajstić information content (AvgIpc) is 3.05. The fourth-order valence-electron chi connectivity index (χ4n) is 3.69. The molecule has 0 spiro atoms. The van der Waals surface area contributed by atoms with Crippen molar-refractivity contribution in [3.63, 3.8) is 0 Å². The summed E-state index contributed by atoms with van der Waals surface area (Å²) in [5.74, 6) is -3.50. The van der Waals surface area contributed by atoms with Gasteiger partial charge in [0.1, 0.15) is 19.2 Å². The molecule has 27 heavy (non-hydrogen) atoms. The van der Waals surface area contributed by atoms with E-state index in [0.29, 0.717) is 5.70 Å². The number of methoxy groups -OCH3 is 1. The van der Waals surface area contributed by atoms with Crippen LogP contribution in [0.1, 0.15) is 36.1 Å². The molecule has 0 radical (unpaired) electrons. The maximum atomic E-state index is 14.3. The third kappa shape index (κ3) is 3.13.